The average molecular weight is 669 g/mol. The molecule has 270 valence electrons. The van der Waals surface area contributed by atoms with E-state index in [0.717, 1.165) is 38.5 Å². The van der Waals surface area contributed by atoms with Crippen molar-refractivity contribution in [3.8, 4) is 0 Å². The van der Waals surface area contributed by atoms with E-state index in [9.17, 15) is 24.3 Å². The van der Waals surface area contributed by atoms with Crippen LogP contribution in [0.4, 0.5) is 0 Å². The first-order valence-corrected chi connectivity index (χ1v) is 17.5. The van der Waals surface area contributed by atoms with Crippen molar-refractivity contribution in [1.29, 1.82) is 0 Å². The van der Waals surface area contributed by atoms with Gasteiger partial charge in [0.05, 0.1) is 41.7 Å². The van der Waals surface area contributed by atoms with Crippen LogP contribution in [0.25, 0.3) is 0 Å². The van der Waals surface area contributed by atoms with Gasteiger partial charge in [-0.25, -0.2) is 4.79 Å². The SMILES string of the molecule is CCC(C)(C)C(=O)OC12CC3CC(CC(O)(C3)C1)C2.CCC(C)(C)C(=O)OC1CCOC1=O.CCC(C)(C)C(=O)OC1COCOC1. The van der Waals surface area contributed by atoms with Crippen LogP contribution in [0.15, 0.2) is 0 Å². The molecular formula is C36H60O11. The zero-order chi connectivity index (χ0) is 35.3. The van der Waals surface area contributed by atoms with Gasteiger partial charge in [0.2, 0.25) is 6.10 Å². The van der Waals surface area contributed by atoms with E-state index in [-0.39, 0.29) is 29.6 Å². The molecule has 1 N–H and O–H groups in total. The molecule has 6 aliphatic rings. The third-order valence-corrected chi connectivity index (χ3v) is 10.8. The second-order valence-corrected chi connectivity index (χ2v) is 16.2. The summed E-state index contributed by atoms with van der Waals surface area (Å²) >= 11 is 0. The van der Waals surface area contributed by atoms with Crippen LogP contribution in [-0.4, -0.2) is 79.0 Å². The van der Waals surface area contributed by atoms with E-state index >= 15 is 0 Å². The summed E-state index contributed by atoms with van der Waals surface area (Å²) in [5.74, 6) is 0.0985. The molecule has 11 nitrogen and oxygen atoms in total. The van der Waals surface area contributed by atoms with Gasteiger partial charge < -0.3 is 33.5 Å². The van der Waals surface area contributed by atoms with E-state index in [4.69, 9.17) is 28.4 Å². The van der Waals surface area contributed by atoms with Crippen LogP contribution in [-0.2, 0) is 47.6 Å². The highest BCUT2D eigenvalue weighted by Crippen LogP contribution is 2.59. The minimum absolute atomic E-state index is 0.0828. The van der Waals surface area contributed by atoms with Gasteiger partial charge in [0.15, 0.2) is 0 Å². The highest BCUT2D eigenvalue weighted by molar-refractivity contribution is 5.82. The molecule has 3 unspecified atom stereocenters. The number of carbonyl (C=O) groups excluding carboxylic acids is 4. The van der Waals surface area contributed by atoms with E-state index in [1.54, 1.807) is 13.8 Å². The van der Waals surface area contributed by atoms with Crippen LogP contribution < -0.4 is 0 Å². The summed E-state index contributed by atoms with van der Waals surface area (Å²) in [4.78, 5) is 46.6. The second-order valence-electron chi connectivity index (χ2n) is 16.2. The van der Waals surface area contributed by atoms with Crippen LogP contribution in [0.2, 0.25) is 0 Å². The van der Waals surface area contributed by atoms with Gasteiger partial charge in [-0.05, 0) is 105 Å². The Bertz CT molecular complexity index is 1090. The second kappa shape index (κ2) is 15.5. The zero-order valence-corrected chi connectivity index (χ0v) is 30.2. The maximum atomic E-state index is 12.4. The van der Waals surface area contributed by atoms with Gasteiger partial charge in [-0.15, -0.1) is 0 Å². The first-order chi connectivity index (χ1) is 21.8. The number of aliphatic hydroxyl groups is 1. The molecule has 3 atom stereocenters. The van der Waals surface area contributed by atoms with Crippen LogP contribution in [0.3, 0.4) is 0 Å². The van der Waals surface area contributed by atoms with E-state index in [0.29, 0.717) is 57.7 Å². The van der Waals surface area contributed by atoms with E-state index in [1.807, 2.05) is 48.5 Å². The average Bonchev–Trinajstić information content (AvgIpc) is 3.40. The highest BCUT2D eigenvalue weighted by Gasteiger charge is 2.59. The van der Waals surface area contributed by atoms with Crippen LogP contribution in [0.1, 0.15) is 127 Å². The lowest BCUT2D eigenvalue weighted by atomic mass is 9.52. The maximum absolute atomic E-state index is 12.4. The van der Waals surface area contributed by atoms with Gasteiger partial charge in [0.25, 0.3) is 0 Å². The number of hydrogen-bond donors (Lipinski definition) is 1. The fourth-order valence-electron chi connectivity index (χ4n) is 6.74. The third-order valence-electron chi connectivity index (χ3n) is 10.8. The summed E-state index contributed by atoms with van der Waals surface area (Å²) in [7, 11) is 0. The highest BCUT2D eigenvalue weighted by atomic mass is 16.7. The molecule has 0 aromatic heterocycles. The molecule has 0 aromatic rings. The van der Waals surface area contributed by atoms with E-state index < -0.39 is 33.9 Å². The molecule has 6 fully saturated rings. The maximum Gasteiger partial charge on any atom is 0.347 e. The largest absolute Gasteiger partial charge is 0.463 e. The van der Waals surface area contributed by atoms with Gasteiger partial charge in [0, 0.05) is 12.8 Å². The van der Waals surface area contributed by atoms with Crippen molar-refractivity contribution >= 4 is 23.9 Å². The number of rotatable bonds is 9. The Morgan fingerprint density at radius 2 is 1.28 bits per heavy atom. The molecule has 4 aliphatic carbocycles. The molecule has 6 rings (SSSR count). The molecule has 2 saturated heterocycles. The summed E-state index contributed by atoms with van der Waals surface area (Å²) in [6.45, 7) is 18.7. The topological polar surface area (TPSA) is 144 Å². The van der Waals surface area contributed by atoms with Crippen molar-refractivity contribution in [1.82, 2.24) is 0 Å². The standard InChI is InChI=1S/C16H26O3.C10H18O4.C10H16O4/c1-4-14(2,3)13(17)19-16-8-11-5-12(9-16)7-15(18,6-11)10-16;1-4-10(2,3)9(11)14-8-5-12-7-13-6-8;1-4-10(2,3)9(12)14-7-5-6-13-8(7)11/h11-12,18H,4-10H2,1-3H3;8H,4-7H2,1-3H3;7H,4-6H2,1-3H3. The van der Waals surface area contributed by atoms with Crippen molar-refractivity contribution in [2.24, 2.45) is 28.1 Å². The lowest BCUT2D eigenvalue weighted by Gasteiger charge is -2.59. The smallest absolute Gasteiger partial charge is 0.347 e. The van der Waals surface area contributed by atoms with E-state index in [2.05, 4.69) is 0 Å². The van der Waals surface area contributed by atoms with Crippen LogP contribution in [0, 0.1) is 28.1 Å². The summed E-state index contributed by atoms with van der Waals surface area (Å²) in [5.41, 5.74) is -2.27. The summed E-state index contributed by atoms with van der Waals surface area (Å²) in [6.07, 6.45) is 7.44. The van der Waals surface area contributed by atoms with Gasteiger partial charge in [-0.2, -0.15) is 0 Å². The molecule has 4 saturated carbocycles. The van der Waals surface area contributed by atoms with Crippen molar-refractivity contribution in [2.75, 3.05) is 26.6 Å². The summed E-state index contributed by atoms with van der Waals surface area (Å²) in [5, 5.41) is 10.6. The Kier molecular flexibility index (Phi) is 13.0. The van der Waals surface area contributed by atoms with Crippen LogP contribution >= 0.6 is 0 Å². The fourth-order valence-corrected chi connectivity index (χ4v) is 6.74. The summed E-state index contributed by atoms with van der Waals surface area (Å²) in [6, 6.07) is 0. The Labute approximate surface area is 281 Å². The molecule has 0 spiro atoms. The Balaban J connectivity index is 0.000000196. The normalized spacial score (nSPS) is 30.3. The third kappa shape index (κ3) is 10.4. The van der Waals surface area contributed by atoms with Crippen molar-refractivity contribution in [3.63, 3.8) is 0 Å². The van der Waals surface area contributed by atoms with Crippen molar-refractivity contribution < 1.29 is 52.7 Å². The van der Waals surface area contributed by atoms with Gasteiger partial charge in [-0.1, -0.05) is 20.8 Å². The molecule has 2 heterocycles. The Morgan fingerprint density at radius 3 is 1.72 bits per heavy atom. The molecule has 0 amide bonds. The number of hydrogen-bond acceptors (Lipinski definition) is 11. The van der Waals surface area contributed by atoms with Crippen molar-refractivity contribution in [2.45, 2.75) is 150 Å². The van der Waals surface area contributed by atoms with Gasteiger partial charge in [0.1, 0.15) is 18.5 Å². The van der Waals surface area contributed by atoms with Crippen molar-refractivity contribution in [3.05, 3.63) is 0 Å². The fraction of sp³-hybridized carbons (Fsp3) is 0.889. The molecule has 0 aromatic carbocycles. The minimum Gasteiger partial charge on any atom is -0.463 e. The van der Waals surface area contributed by atoms with Crippen LogP contribution in [0.5, 0.6) is 0 Å². The van der Waals surface area contributed by atoms with Gasteiger partial charge >= 0.3 is 23.9 Å². The molecule has 11 heteroatoms. The molecule has 2 aliphatic heterocycles. The minimum atomic E-state index is -0.687. The first kappa shape index (κ1) is 39.2. The molecule has 0 radical (unpaired) electrons. The number of ether oxygens (including phenoxy) is 6. The number of cyclic esters (lactones) is 1. The molecule has 47 heavy (non-hydrogen) atoms. The first-order valence-electron chi connectivity index (χ1n) is 17.5. The molecule has 4 bridgehead atoms. The quantitative estimate of drug-likeness (QED) is 0.240. The lowest BCUT2D eigenvalue weighted by molar-refractivity contribution is -0.225. The van der Waals surface area contributed by atoms with Gasteiger partial charge in [-0.3, -0.25) is 14.4 Å². The lowest BCUT2D eigenvalue weighted by Crippen LogP contribution is -2.61. The van der Waals surface area contributed by atoms with E-state index in [1.165, 1.54) is 6.42 Å². The summed E-state index contributed by atoms with van der Waals surface area (Å²) < 4.78 is 31.1. The number of carbonyl (C=O) groups is 4. The Hall–Kier alpha value is -2.24. The predicted octanol–water partition coefficient (Wildman–Crippen LogP) is 5.67. The zero-order valence-electron chi connectivity index (χ0n) is 30.2. The Morgan fingerprint density at radius 1 is 0.787 bits per heavy atom. The predicted molar refractivity (Wildman–Crippen MR) is 173 cm³/mol. The molecular weight excluding hydrogens is 608 g/mol. The number of esters is 4. The monoisotopic (exact) mass is 668 g/mol.